The topological polar surface area (TPSA) is 19.1 Å². The van der Waals surface area contributed by atoms with Gasteiger partial charge in [0.05, 0.1) is 22.1 Å². The van der Waals surface area contributed by atoms with Crippen molar-refractivity contribution >= 4 is 101 Å². The fourth-order valence-corrected chi connectivity index (χ4v) is 21.9. The second kappa shape index (κ2) is 16.5. The van der Waals surface area contributed by atoms with Gasteiger partial charge in [-0.05, 0) is 102 Å². The fraction of sp³-hybridized carbons (Fsp3) is 0. The maximum absolute atomic E-state index is 6.72. The smallest absolute Gasteiger partial charge is 0.188 e. The van der Waals surface area contributed by atoms with Gasteiger partial charge in [-0.1, -0.05) is 218 Å². The molecule has 0 unspecified atom stereocenters. The van der Waals surface area contributed by atoms with Crippen molar-refractivity contribution in [3.63, 3.8) is 0 Å². The zero-order valence-electron chi connectivity index (χ0n) is 38.9. The number of aromatic nitrogens is 2. The largest absolute Gasteiger partial charge is 0.458 e. The van der Waals surface area contributed by atoms with E-state index in [0.29, 0.717) is 0 Å². The fourth-order valence-electron chi connectivity index (χ4n) is 12.3. The van der Waals surface area contributed by atoms with Crippen molar-refractivity contribution in [2.75, 3.05) is 0 Å². The minimum atomic E-state index is -2.89. The first-order valence-electron chi connectivity index (χ1n) is 24.5. The Hall–Kier alpha value is -8.75. The van der Waals surface area contributed by atoms with Gasteiger partial charge in [0.1, 0.15) is 11.5 Å². The Labute approximate surface area is 414 Å². The van der Waals surface area contributed by atoms with E-state index in [1.807, 2.05) is 0 Å². The SMILES string of the molecule is c1ccc([Si](c2ccccc2)(c2ccccc2)c2ccc(-n3c4ccccc4c4cc(-n5c6ccccc6c6ccc([Si]7(c8ccccc8)c8ccccc8Oc8ccccc87)cc65)ccc43)cc2)cc1. The lowest BCUT2D eigenvalue weighted by Gasteiger charge is -2.39. The Morgan fingerprint density at radius 3 is 1.28 bits per heavy atom. The number of ether oxygens (including phenoxy) is 1. The first-order valence-corrected chi connectivity index (χ1v) is 28.5. The summed E-state index contributed by atoms with van der Waals surface area (Å²) >= 11 is 0. The van der Waals surface area contributed by atoms with Gasteiger partial charge in [-0.15, -0.1) is 0 Å². The summed E-state index contributed by atoms with van der Waals surface area (Å²) in [5.41, 5.74) is 7.00. The van der Waals surface area contributed by atoms with E-state index in [2.05, 4.69) is 288 Å². The quantitative estimate of drug-likeness (QED) is 0.110. The lowest BCUT2D eigenvalue weighted by molar-refractivity contribution is 0.487. The zero-order valence-corrected chi connectivity index (χ0v) is 40.9. The average Bonchev–Trinajstić information content (AvgIpc) is 3.96. The molecule has 2 aromatic heterocycles. The highest BCUT2D eigenvalue weighted by molar-refractivity contribution is 7.21. The van der Waals surface area contributed by atoms with Crippen molar-refractivity contribution in [1.82, 2.24) is 9.13 Å². The van der Waals surface area contributed by atoms with Crippen LogP contribution in [0.25, 0.3) is 55.0 Å². The van der Waals surface area contributed by atoms with Gasteiger partial charge in [0.2, 0.25) is 0 Å². The molecule has 3 nitrogen and oxygen atoms in total. The van der Waals surface area contributed by atoms with Crippen molar-refractivity contribution in [3.8, 4) is 22.9 Å². The molecule has 0 saturated carbocycles. The molecule has 11 aromatic carbocycles. The van der Waals surface area contributed by atoms with Gasteiger partial charge >= 0.3 is 0 Å². The predicted octanol–water partition coefficient (Wildman–Crippen LogP) is 10.7. The van der Waals surface area contributed by atoms with E-state index >= 15 is 0 Å². The number of nitrogens with zero attached hydrogens (tertiary/aromatic N) is 2. The molecule has 0 fully saturated rings. The lowest BCUT2D eigenvalue weighted by atomic mass is 10.1. The van der Waals surface area contributed by atoms with Gasteiger partial charge in [0, 0.05) is 32.9 Å². The third-order valence-corrected chi connectivity index (χ3v) is 24.8. The van der Waals surface area contributed by atoms with Crippen LogP contribution in [-0.2, 0) is 0 Å². The first-order chi connectivity index (χ1) is 35.2. The first kappa shape index (κ1) is 41.2. The molecule has 71 heavy (non-hydrogen) atoms. The Morgan fingerprint density at radius 2 is 0.704 bits per heavy atom. The summed E-state index contributed by atoms with van der Waals surface area (Å²) in [5.74, 6) is 1.87. The molecule has 1 aliphatic heterocycles. The molecule has 334 valence electrons. The van der Waals surface area contributed by atoms with E-state index in [4.69, 9.17) is 4.74 Å². The van der Waals surface area contributed by atoms with Crippen LogP contribution in [0.5, 0.6) is 11.5 Å². The Morgan fingerprint density at radius 1 is 0.282 bits per heavy atom. The van der Waals surface area contributed by atoms with Crippen LogP contribution in [0.1, 0.15) is 0 Å². The molecule has 0 aliphatic carbocycles. The van der Waals surface area contributed by atoms with Gasteiger partial charge in [-0.3, -0.25) is 0 Å². The highest BCUT2D eigenvalue weighted by atomic mass is 28.3. The third kappa shape index (κ3) is 6.13. The van der Waals surface area contributed by atoms with Gasteiger partial charge in [-0.25, -0.2) is 0 Å². The van der Waals surface area contributed by atoms with E-state index in [1.54, 1.807) is 0 Å². The van der Waals surface area contributed by atoms with Crippen LogP contribution in [-0.4, -0.2) is 25.3 Å². The minimum Gasteiger partial charge on any atom is -0.458 e. The van der Waals surface area contributed by atoms with Crippen LogP contribution >= 0.6 is 0 Å². The molecule has 0 radical (unpaired) electrons. The van der Waals surface area contributed by atoms with E-state index in [-0.39, 0.29) is 0 Å². The summed E-state index contributed by atoms with van der Waals surface area (Å²) in [6.07, 6.45) is 0. The molecule has 0 atom stereocenters. The average molecular weight is 939 g/mol. The molecule has 14 rings (SSSR count). The normalized spacial score (nSPS) is 13.0. The molecular weight excluding hydrogens is 893 g/mol. The molecule has 13 aromatic rings. The van der Waals surface area contributed by atoms with Crippen LogP contribution in [0.2, 0.25) is 0 Å². The summed E-state index contributed by atoms with van der Waals surface area (Å²) in [7, 11) is -5.58. The zero-order chi connectivity index (χ0) is 46.9. The maximum Gasteiger partial charge on any atom is 0.188 e. The Kier molecular flexibility index (Phi) is 9.56. The van der Waals surface area contributed by atoms with E-state index in [0.717, 1.165) is 22.9 Å². The monoisotopic (exact) mass is 938 g/mol. The van der Waals surface area contributed by atoms with Crippen LogP contribution in [0.15, 0.2) is 279 Å². The Bertz CT molecular complexity index is 3990. The van der Waals surface area contributed by atoms with Gasteiger partial charge in [0.25, 0.3) is 0 Å². The molecule has 1 aliphatic rings. The van der Waals surface area contributed by atoms with Crippen LogP contribution in [0.3, 0.4) is 0 Å². The predicted molar refractivity (Wildman–Crippen MR) is 302 cm³/mol. The van der Waals surface area contributed by atoms with Gasteiger partial charge in [0.15, 0.2) is 16.1 Å². The molecule has 0 N–H and O–H groups in total. The Balaban J connectivity index is 0.967. The molecule has 0 saturated heterocycles. The number of hydrogen-bond donors (Lipinski definition) is 0. The summed E-state index contributed by atoms with van der Waals surface area (Å²) in [5, 5.41) is 15.6. The number of fused-ring (bicyclic) bond motifs is 8. The number of hydrogen-bond acceptors (Lipinski definition) is 1. The van der Waals surface area contributed by atoms with Crippen LogP contribution in [0, 0.1) is 0 Å². The second-order valence-electron chi connectivity index (χ2n) is 18.7. The second-order valence-corrected chi connectivity index (χ2v) is 26.3. The van der Waals surface area contributed by atoms with Gasteiger partial charge < -0.3 is 13.9 Å². The lowest BCUT2D eigenvalue weighted by Crippen LogP contribution is -2.76. The van der Waals surface area contributed by atoms with Crippen molar-refractivity contribution < 1.29 is 4.74 Å². The van der Waals surface area contributed by atoms with Crippen molar-refractivity contribution in [2.45, 2.75) is 0 Å². The molecule has 0 spiro atoms. The van der Waals surface area contributed by atoms with E-state index in [9.17, 15) is 0 Å². The maximum atomic E-state index is 6.72. The summed E-state index contributed by atoms with van der Waals surface area (Å²) in [6, 6.07) is 104. The van der Waals surface area contributed by atoms with Crippen LogP contribution < -0.4 is 46.2 Å². The molecule has 5 heteroatoms. The summed E-state index contributed by atoms with van der Waals surface area (Å²) in [4.78, 5) is 0. The molecular formula is C66H46N2OSi2. The highest BCUT2D eigenvalue weighted by Gasteiger charge is 2.48. The standard InChI is InChI=1S/C66H46N2OSi2/c1-5-21-49(22-6-1)70(50-23-7-2-8-24-50,51-25-9-3-10-26-51)53-40-37-47(38-41-53)67-60-32-16-14-30-56(60)58-45-48(39-44-61(58)67)68-59-31-15-13-29-55(59)57-43-42-54(46-62(57)68)71(52-27-11-4-12-28-52)65-35-19-17-33-63(65)69-64-34-18-20-36-66(64)71/h1-46H. The van der Waals surface area contributed by atoms with E-state index < -0.39 is 16.1 Å². The molecule has 3 heterocycles. The third-order valence-electron chi connectivity index (χ3n) is 15.2. The molecule has 0 bridgehead atoms. The minimum absolute atomic E-state index is 0.934. The summed E-state index contributed by atoms with van der Waals surface area (Å²) < 4.78 is 11.7. The summed E-state index contributed by atoms with van der Waals surface area (Å²) in [6.45, 7) is 0. The highest BCUT2D eigenvalue weighted by Crippen LogP contribution is 2.38. The van der Waals surface area contributed by atoms with Gasteiger partial charge in [-0.2, -0.15) is 0 Å². The van der Waals surface area contributed by atoms with Crippen molar-refractivity contribution in [1.29, 1.82) is 0 Å². The van der Waals surface area contributed by atoms with E-state index in [1.165, 1.54) is 85.1 Å². The molecule has 0 amide bonds. The van der Waals surface area contributed by atoms with Crippen molar-refractivity contribution in [3.05, 3.63) is 279 Å². The van der Waals surface area contributed by atoms with Crippen molar-refractivity contribution in [2.24, 2.45) is 0 Å². The van der Waals surface area contributed by atoms with Crippen LogP contribution in [0.4, 0.5) is 0 Å². The number of benzene rings is 11. The number of rotatable bonds is 8. The number of para-hydroxylation sites is 4.